The minimum atomic E-state index is -0.756. The predicted molar refractivity (Wildman–Crippen MR) is 62.5 cm³/mol. The zero-order valence-electron chi connectivity index (χ0n) is 9.17. The molecule has 96 valence electrons. The van der Waals surface area contributed by atoms with Crippen molar-refractivity contribution in [3.8, 4) is 0 Å². The molecule has 0 saturated carbocycles. The smallest absolute Gasteiger partial charge is 0.242 e. The number of halogens is 3. The Kier molecular flexibility index (Phi) is 3.60. The van der Waals surface area contributed by atoms with Crippen molar-refractivity contribution in [3.63, 3.8) is 0 Å². The molecular weight excluding hydrogens is 310 g/mol. The van der Waals surface area contributed by atoms with Crippen LogP contribution in [0.25, 0.3) is 0 Å². The van der Waals surface area contributed by atoms with Gasteiger partial charge in [0.05, 0.1) is 24.1 Å². The highest BCUT2D eigenvalue weighted by Gasteiger charge is 2.25. The maximum Gasteiger partial charge on any atom is 0.242 e. The van der Waals surface area contributed by atoms with Crippen molar-refractivity contribution >= 4 is 27.7 Å². The van der Waals surface area contributed by atoms with Crippen molar-refractivity contribution in [1.29, 1.82) is 0 Å². The molecule has 18 heavy (non-hydrogen) atoms. The molecule has 0 aliphatic carbocycles. The lowest BCUT2D eigenvalue weighted by molar-refractivity contribution is -0.141. The summed E-state index contributed by atoms with van der Waals surface area (Å²) in [6.07, 6.45) is 0. The Hall–Kier alpha value is -1.50. The van der Waals surface area contributed by atoms with E-state index in [1.807, 2.05) is 0 Å². The lowest BCUT2D eigenvalue weighted by Gasteiger charge is -2.26. The number of benzene rings is 1. The molecule has 1 aliphatic rings. The molecule has 1 aromatic carbocycles. The van der Waals surface area contributed by atoms with Crippen LogP contribution in [0, 0.1) is 11.6 Å². The monoisotopic (exact) mass is 318 g/mol. The molecule has 0 spiro atoms. The van der Waals surface area contributed by atoms with Gasteiger partial charge >= 0.3 is 0 Å². The normalized spacial score (nSPS) is 15.8. The van der Waals surface area contributed by atoms with Crippen LogP contribution >= 0.6 is 15.9 Å². The predicted octanol–water partition coefficient (Wildman–Crippen LogP) is 1.19. The molecule has 2 amide bonds. The van der Waals surface area contributed by atoms with Gasteiger partial charge in [-0.25, -0.2) is 8.78 Å². The van der Waals surface area contributed by atoms with E-state index >= 15 is 0 Å². The number of hydrogen-bond donors (Lipinski definition) is 1. The summed E-state index contributed by atoms with van der Waals surface area (Å²) in [6, 6.07) is 2.36. The van der Waals surface area contributed by atoms with E-state index in [0.717, 1.165) is 11.0 Å². The van der Waals surface area contributed by atoms with Gasteiger partial charge in [0, 0.05) is 5.56 Å². The molecule has 0 bridgehead atoms. The standard InChI is InChI=1S/C11H9BrF2N2O2/c12-7-1-2-8(13)6(11(7)14)4-16-5-9(17)15-3-10(16)18/h1-2H,3-5H2,(H,15,17). The Morgan fingerprint density at radius 3 is 2.78 bits per heavy atom. The lowest BCUT2D eigenvalue weighted by Crippen LogP contribution is -2.51. The number of nitrogens with one attached hydrogen (secondary N) is 1. The summed E-state index contributed by atoms with van der Waals surface area (Å²) < 4.78 is 27.3. The lowest BCUT2D eigenvalue weighted by atomic mass is 10.1. The van der Waals surface area contributed by atoms with Gasteiger partial charge in [0.25, 0.3) is 0 Å². The van der Waals surface area contributed by atoms with E-state index in [0.29, 0.717) is 0 Å². The fourth-order valence-electron chi connectivity index (χ4n) is 1.65. The molecule has 0 atom stereocenters. The average Bonchev–Trinajstić information content (AvgIpc) is 2.34. The minimum Gasteiger partial charge on any atom is -0.345 e. The zero-order valence-corrected chi connectivity index (χ0v) is 10.8. The van der Waals surface area contributed by atoms with E-state index in [1.165, 1.54) is 6.07 Å². The van der Waals surface area contributed by atoms with Crippen LogP contribution in [0.2, 0.25) is 0 Å². The molecule has 4 nitrogen and oxygen atoms in total. The van der Waals surface area contributed by atoms with Crippen LogP contribution in [0.4, 0.5) is 8.78 Å². The van der Waals surface area contributed by atoms with Crippen LogP contribution in [0.15, 0.2) is 16.6 Å². The average molecular weight is 319 g/mol. The molecule has 0 radical (unpaired) electrons. The second kappa shape index (κ2) is 5.01. The molecule has 0 aromatic heterocycles. The first-order chi connectivity index (χ1) is 8.49. The van der Waals surface area contributed by atoms with Gasteiger partial charge in [-0.15, -0.1) is 0 Å². The summed E-state index contributed by atoms with van der Waals surface area (Å²) in [5.41, 5.74) is -0.229. The summed E-state index contributed by atoms with van der Waals surface area (Å²) in [6.45, 7) is -0.594. The molecule has 1 saturated heterocycles. The Balaban J connectivity index is 2.26. The maximum atomic E-state index is 13.7. The number of carbonyl (C=O) groups excluding carboxylic acids is 2. The highest BCUT2D eigenvalue weighted by molar-refractivity contribution is 9.10. The number of piperazine rings is 1. The van der Waals surface area contributed by atoms with Crippen LogP contribution in [0.5, 0.6) is 0 Å². The van der Waals surface area contributed by atoms with E-state index in [1.54, 1.807) is 0 Å². The highest BCUT2D eigenvalue weighted by atomic mass is 79.9. The fraction of sp³-hybridized carbons (Fsp3) is 0.273. The van der Waals surface area contributed by atoms with Gasteiger partial charge in [-0.1, -0.05) is 0 Å². The Morgan fingerprint density at radius 2 is 2.06 bits per heavy atom. The molecular formula is C11H9BrF2N2O2. The van der Waals surface area contributed by atoms with Gasteiger partial charge in [-0.2, -0.15) is 0 Å². The largest absolute Gasteiger partial charge is 0.345 e. The first kappa shape index (κ1) is 12.9. The van der Waals surface area contributed by atoms with Crippen molar-refractivity contribution in [3.05, 3.63) is 33.8 Å². The van der Waals surface area contributed by atoms with Crippen molar-refractivity contribution in [2.75, 3.05) is 13.1 Å². The van der Waals surface area contributed by atoms with Crippen LogP contribution in [0.1, 0.15) is 5.56 Å². The molecule has 1 aromatic rings. The van der Waals surface area contributed by atoms with Gasteiger partial charge in [-0.3, -0.25) is 9.59 Å². The third kappa shape index (κ3) is 2.50. The van der Waals surface area contributed by atoms with Crippen LogP contribution in [-0.4, -0.2) is 29.8 Å². The third-order valence-corrected chi connectivity index (χ3v) is 3.22. The highest BCUT2D eigenvalue weighted by Crippen LogP contribution is 2.23. The van der Waals surface area contributed by atoms with Gasteiger partial charge < -0.3 is 10.2 Å². The van der Waals surface area contributed by atoms with Crippen molar-refractivity contribution in [2.24, 2.45) is 0 Å². The third-order valence-electron chi connectivity index (χ3n) is 2.61. The topological polar surface area (TPSA) is 49.4 Å². The van der Waals surface area contributed by atoms with E-state index in [4.69, 9.17) is 0 Å². The molecule has 1 fully saturated rings. The first-order valence-electron chi connectivity index (χ1n) is 5.16. The first-order valence-corrected chi connectivity index (χ1v) is 5.95. The molecule has 0 unspecified atom stereocenters. The summed E-state index contributed by atoms with van der Waals surface area (Å²) in [7, 11) is 0. The van der Waals surface area contributed by atoms with E-state index in [2.05, 4.69) is 21.2 Å². The Morgan fingerprint density at radius 1 is 1.33 bits per heavy atom. The molecule has 7 heteroatoms. The summed E-state index contributed by atoms with van der Waals surface area (Å²) in [5, 5.41) is 2.36. The molecule has 1 aliphatic heterocycles. The van der Waals surface area contributed by atoms with Crippen molar-refractivity contribution in [2.45, 2.75) is 6.54 Å². The SMILES string of the molecule is O=C1CN(Cc2c(F)ccc(Br)c2F)C(=O)CN1. The summed E-state index contributed by atoms with van der Waals surface area (Å²) >= 11 is 2.95. The van der Waals surface area contributed by atoms with Gasteiger partial charge in [-0.05, 0) is 28.1 Å². The van der Waals surface area contributed by atoms with Crippen molar-refractivity contribution in [1.82, 2.24) is 10.2 Å². The van der Waals surface area contributed by atoms with Gasteiger partial charge in [0.2, 0.25) is 11.8 Å². The van der Waals surface area contributed by atoms with Gasteiger partial charge in [0.15, 0.2) is 0 Å². The number of nitrogens with zero attached hydrogens (tertiary/aromatic N) is 1. The second-order valence-electron chi connectivity index (χ2n) is 3.85. The van der Waals surface area contributed by atoms with Crippen LogP contribution in [0.3, 0.4) is 0 Å². The van der Waals surface area contributed by atoms with Crippen LogP contribution in [-0.2, 0) is 16.1 Å². The maximum absolute atomic E-state index is 13.7. The number of amides is 2. The number of rotatable bonds is 2. The zero-order chi connectivity index (χ0) is 13.3. The van der Waals surface area contributed by atoms with Crippen molar-refractivity contribution < 1.29 is 18.4 Å². The number of carbonyl (C=O) groups is 2. The van der Waals surface area contributed by atoms with E-state index < -0.39 is 11.6 Å². The summed E-state index contributed by atoms with van der Waals surface area (Å²) in [4.78, 5) is 23.8. The van der Waals surface area contributed by atoms with E-state index in [9.17, 15) is 18.4 Å². The Labute approximate surface area is 110 Å². The molecule has 1 heterocycles. The summed E-state index contributed by atoms with van der Waals surface area (Å²) in [5.74, 6) is -2.21. The molecule has 1 N–H and O–H groups in total. The molecule has 2 rings (SSSR count). The van der Waals surface area contributed by atoms with E-state index in [-0.39, 0.29) is 41.5 Å². The van der Waals surface area contributed by atoms with Crippen LogP contribution < -0.4 is 5.32 Å². The van der Waals surface area contributed by atoms with Gasteiger partial charge in [0.1, 0.15) is 11.6 Å². The Bertz CT molecular complexity index is 522. The number of hydrogen-bond acceptors (Lipinski definition) is 2. The fourth-order valence-corrected chi connectivity index (χ4v) is 2.02. The second-order valence-corrected chi connectivity index (χ2v) is 4.70. The minimum absolute atomic E-state index is 0.118. The quantitative estimate of drug-likeness (QED) is 0.833.